The predicted octanol–water partition coefficient (Wildman–Crippen LogP) is 1.95. The van der Waals surface area contributed by atoms with Gasteiger partial charge in [-0.2, -0.15) is 0 Å². The Morgan fingerprint density at radius 2 is 1.80 bits per heavy atom. The van der Waals surface area contributed by atoms with E-state index >= 15 is 0 Å². The molecule has 0 aliphatic rings. The molecule has 1 aromatic carbocycles. The van der Waals surface area contributed by atoms with Gasteiger partial charge in [-0.25, -0.2) is 9.97 Å². The SMILES string of the molecule is COc1ccc(CCC(=O)Nc2c(N)nc(SC)nc2N)cc1OC. The van der Waals surface area contributed by atoms with E-state index in [0.29, 0.717) is 23.1 Å². The molecule has 1 amide bonds. The standard InChI is InChI=1S/C16H21N5O3S/c1-23-10-6-4-9(8-11(10)24-2)5-7-12(22)19-13-14(17)20-16(25-3)21-15(13)18/h4,6,8H,5,7H2,1-3H3,(H,19,22)(H4,17,18,20,21). The van der Waals surface area contributed by atoms with Crippen molar-refractivity contribution in [3.63, 3.8) is 0 Å². The van der Waals surface area contributed by atoms with E-state index in [9.17, 15) is 4.79 Å². The molecule has 0 aliphatic carbocycles. The summed E-state index contributed by atoms with van der Waals surface area (Å²) in [6.07, 6.45) is 2.59. The van der Waals surface area contributed by atoms with Crippen LogP contribution in [0, 0.1) is 0 Å². The maximum Gasteiger partial charge on any atom is 0.224 e. The van der Waals surface area contributed by atoms with E-state index in [0.717, 1.165) is 5.56 Å². The van der Waals surface area contributed by atoms with Crippen LogP contribution in [0.1, 0.15) is 12.0 Å². The third-order valence-corrected chi connectivity index (χ3v) is 4.03. The van der Waals surface area contributed by atoms with E-state index in [2.05, 4.69) is 15.3 Å². The third-order valence-electron chi connectivity index (χ3n) is 3.48. The van der Waals surface area contributed by atoms with Gasteiger partial charge >= 0.3 is 0 Å². The molecule has 2 aromatic rings. The number of rotatable bonds is 7. The monoisotopic (exact) mass is 363 g/mol. The van der Waals surface area contributed by atoms with Crippen molar-refractivity contribution >= 4 is 35.0 Å². The van der Waals surface area contributed by atoms with Crippen LogP contribution in [0.3, 0.4) is 0 Å². The van der Waals surface area contributed by atoms with Gasteiger partial charge < -0.3 is 26.3 Å². The highest BCUT2D eigenvalue weighted by Crippen LogP contribution is 2.28. The van der Waals surface area contributed by atoms with Gasteiger partial charge in [0.25, 0.3) is 0 Å². The summed E-state index contributed by atoms with van der Waals surface area (Å²) in [5.41, 5.74) is 12.9. The van der Waals surface area contributed by atoms with Gasteiger partial charge in [0.2, 0.25) is 5.91 Å². The lowest BCUT2D eigenvalue weighted by Gasteiger charge is -2.11. The summed E-state index contributed by atoms with van der Waals surface area (Å²) in [5, 5.41) is 3.13. The Morgan fingerprint density at radius 3 is 2.36 bits per heavy atom. The molecule has 0 saturated carbocycles. The number of thioether (sulfide) groups is 1. The fourth-order valence-electron chi connectivity index (χ4n) is 2.19. The first-order valence-electron chi connectivity index (χ1n) is 7.46. The molecule has 1 heterocycles. The number of carbonyl (C=O) groups excluding carboxylic acids is 1. The molecule has 0 saturated heterocycles. The zero-order valence-corrected chi connectivity index (χ0v) is 15.1. The van der Waals surface area contributed by atoms with Crippen molar-refractivity contribution in [2.75, 3.05) is 37.3 Å². The molecule has 25 heavy (non-hydrogen) atoms. The number of aryl methyl sites for hydroxylation is 1. The summed E-state index contributed by atoms with van der Waals surface area (Å²) in [7, 11) is 3.14. The summed E-state index contributed by atoms with van der Waals surface area (Å²) in [5.74, 6) is 1.33. The number of ether oxygens (including phenoxy) is 2. The maximum absolute atomic E-state index is 12.2. The smallest absolute Gasteiger partial charge is 0.224 e. The molecule has 5 N–H and O–H groups in total. The largest absolute Gasteiger partial charge is 0.493 e. The number of nitrogens with one attached hydrogen (secondary N) is 1. The van der Waals surface area contributed by atoms with Crippen LogP contribution in [0.25, 0.3) is 0 Å². The van der Waals surface area contributed by atoms with Gasteiger partial charge in [-0.15, -0.1) is 0 Å². The highest BCUT2D eigenvalue weighted by Gasteiger charge is 2.13. The molecule has 0 spiro atoms. The van der Waals surface area contributed by atoms with Gasteiger partial charge in [0, 0.05) is 6.42 Å². The number of anilines is 3. The summed E-state index contributed by atoms with van der Waals surface area (Å²) in [6, 6.07) is 5.52. The summed E-state index contributed by atoms with van der Waals surface area (Å²) < 4.78 is 10.4. The second kappa shape index (κ2) is 8.43. The second-order valence-corrected chi connectivity index (χ2v) is 5.87. The molecule has 0 radical (unpaired) electrons. The van der Waals surface area contributed by atoms with Crippen molar-refractivity contribution in [2.24, 2.45) is 0 Å². The van der Waals surface area contributed by atoms with Gasteiger partial charge in [0.15, 0.2) is 28.3 Å². The number of nitrogens with zero attached hydrogens (tertiary/aromatic N) is 2. The Kier molecular flexibility index (Phi) is 6.29. The van der Waals surface area contributed by atoms with Crippen molar-refractivity contribution in [3.8, 4) is 11.5 Å². The van der Waals surface area contributed by atoms with Crippen molar-refractivity contribution in [3.05, 3.63) is 23.8 Å². The maximum atomic E-state index is 12.2. The first kappa shape index (κ1) is 18.7. The molecule has 0 unspecified atom stereocenters. The molecule has 134 valence electrons. The minimum absolute atomic E-state index is 0.149. The highest BCUT2D eigenvalue weighted by atomic mass is 32.2. The molecule has 2 rings (SSSR count). The Morgan fingerprint density at radius 1 is 1.16 bits per heavy atom. The van der Waals surface area contributed by atoms with E-state index in [4.69, 9.17) is 20.9 Å². The third kappa shape index (κ3) is 4.66. The quantitative estimate of drug-likeness (QED) is 0.503. The van der Waals surface area contributed by atoms with Crippen molar-refractivity contribution in [1.29, 1.82) is 0 Å². The molecule has 1 aromatic heterocycles. The number of amides is 1. The van der Waals surface area contributed by atoms with Gasteiger partial charge in [-0.3, -0.25) is 4.79 Å². The number of carbonyl (C=O) groups is 1. The minimum atomic E-state index is -0.228. The molecular weight excluding hydrogens is 342 g/mol. The number of hydrogen-bond acceptors (Lipinski definition) is 8. The van der Waals surface area contributed by atoms with Gasteiger partial charge in [-0.1, -0.05) is 17.8 Å². The zero-order valence-electron chi connectivity index (χ0n) is 14.3. The van der Waals surface area contributed by atoms with Crippen LogP contribution < -0.4 is 26.3 Å². The molecule has 0 bridgehead atoms. The van der Waals surface area contributed by atoms with Gasteiger partial charge in [0.05, 0.1) is 14.2 Å². The van der Waals surface area contributed by atoms with Crippen LogP contribution in [0.2, 0.25) is 0 Å². The lowest BCUT2D eigenvalue weighted by atomic mass is 10.1. The molecule has 9 heteroatoms. The van der Waals surface area contributed by atoms with Crippen LogP contribution in [-0.2, 0) is 11.2 Å². The summed E-state index contributed by atoms with van der Waals surface area (Å²) in [4.78, 5) is 20.3. The number of nitrogens with two attached hydrogens (primary N) is 2. The fraction of sp³-hybridized carbons (Fsp3) is 0.312. The molecule has 0 atom stereocenters. The van der Waals surface area contributed by atoms with E-state index in [1.54, 1.807) is 20.3 Å². The Hall–Kier alpha value is -2.68. The van der Waals surface area contributed by atoms with Crippen LogP contribution in [-0.4, -0.2) is 36.4 Å². The highest BCUT2D eigenvalue weighted by molar-refractivity contribution is 7.98. The van der Waals surface area contributed by atoms with E-state index in [1.165, 1.54) is 11.8 Å². The van der Waals surface area contributed by atoms with E-state index < -0.39 is 0 Å². The number of aromatic nitrogens is 2. The fourth-order valence-corrected chi connectivity index (χ4v) is 2.57. The zero-order chi connectivity index (χ0) is 18.4. The minimum Gasteiger partial charge on any atom is -0.493 e. The number of hydrogen-bond donors (Lipinski definition) is 3. The summed E-state index contributed by atoms with van der Waals surface area (Å²) in [6.45, 7) is 0. The van der Waals surface area contributed by atoms with Crippen LogP contribution >= 0.6 is 11.8 Å². The Labute approximate surface area is 150 Å². The Balaban J connectivity index is 2.02. The lowest BCUT2D eigenvalue weighted by molar-refractivity contribution is -0.116. The first-order chi connectivity index (χ1) is 12.0. The average Bonchev–Trinajstić information content (AvgIpc) is 2.62. The Bertz CT molecular complexity index is 746. The van der Waals surface area contributed by atoms with Crippen LogP contribution in [0.15, 0.2) is 23.4 Å². The normalized spacial score (nSPS) is 10.4. The lowest BCUT2D eigenvalue weighted by Crippen LogP contribution is -2.16. The van der Waals surface area contributed by atoms with Crippen molar-refractivity contribution in [1.82, 2.24) is 9.97 Å². The molecule has 8 nitrogen and oxygen atoms in total. The molecular formula is C16H21N5O3S. The van der Waals surface area contributed by atoms with Crippen molar-refractivity contribution in [2.45, 2.75) is 18.0 Å². The van der Waals surface area contributed by atoms with Crippen LogP contribution in [0.4, 0.5) is 17.3 Å². The number of benzene rings is 1. The first-order valence-corrected chi connectivity index (χ1v) is 8.68. The average molecular weight is 363 g/mol. The van der Waals surface area contributed by atoms with Gasteiger partial charge in [0.1, 0.15) is 5.69 Å². The number of nitrogen functional groups attached to an aromatic ring is 2. The van der Waals surface area contributed by atoms with Crippen LogP contribution in [0.5, 0.6) is 11.5 Å². The van der Waals surface area contributed by atoms with E-state index in [-0.39, 0.29) is 29.7 Å². The second-order valence-electron chi connectivity index (χ2n) is 5.09. The van der Waals surface area contributed by atoms with Gasteiger partial charge in [-0.05, 0) is 30.4 Å². The summed E-state index contributed by atoms with van der Waals surface area (Å²) >= 11 is 1.32. The van der Waals surface area contributed by atoms with E-state index in [1.807, 2.05) is 18.4 Å². The molecule has 0 aliphatic heterocycles. The topological polar surface area (TPSA) is 125 Å². The predicted molar refractivity (Wildman–Crippen MR) is 99.1 cm³/mol. The van der Waals surface area contributed by atoms with Crippen molar-refractivity contribution < 1.29 is 14.3 Å². The number of methoxy groups -OCH3 is 2. The molecule has 0 fully saturated rings.